The fourth-order valence-corrected chi connectivity index (χ4v) is 8.21. The average molecular weight is 514 g/mol. The molecule has 192 valence electrons. The van der Waals surface area contributed by atoms with Crippen molar-refractivity contribution in [3.05, 3.63) is 107 Å². The summed E-state index contributed by atoms with van der Waals surface area (Å²) in [7, 11) is 0. The first kappa shape index (κ1) is 22.7. The molecule has 4 aliphatic heterocycles. The van der Waals surface area contributed by atoms with Crippen molar-refractivity contribution in [1.29, 1.82) is 0 Å². The molecule has 8 rings (SSSR count). The van der Waals surface area contributed by atoms with Gasteiger partial charge in [-0.1, -0.05) is 72.3 Å². The fraction of sp³-hybridized carbons (Fsp3) is 0.242. The number of amides is 2. The first-order chi connectivity index (χ1) is 19.0. The van der Waals surface area contributed by atoms with Crippen LogP contribution < -0.4 is 10.6 Å². The molecule has 4 heterocycles. The van der Waals surface area contributed by atoms with E-state index in [-0.39, 0.29) is 23.6 Å². The zero-order valence-electron chi connectivity index (χ0n) is 21.5. The average Bonchev–Trinajstić information content (AvgIpc) is 3.67. The van der Waals surface area contributed by atoms with Crippen LogP contribution in [0.4, 0.5) is 11.4 Å². The molecule has 0 unspecified atom stereocenters. The molecule has 4 aliphatic rings. The van der Waals surface area contributed by atoms with Gasteiger partial charge in [0.05, 0.1) is 5.92 Å². The van der Waals surface area contributed by atoms with Crippen LogP contribution in [0, 0.1) is 12.8 Å². The predicted octanol–water partition coefficient (Wildman–Crippen LogP) is 5.16. The normalized spacial score (nSPS) is 28.5. The Bertz CT molecular complexity index is 1760. The van der Waals surface area contributed by atoms with Crippen molar-refractivity contribution in [3.63, 3.8) is 0 Å². The molecule has 39 heavy (non-hydrogen) atoms. The molecule has 2 saturated heterocycles. The molecule has 4 aromatic carbocycles. The fourth-order valence-electron chi connectivity index (χ4n) is 8.21. The van der Waals surface area contributed by atoms with Gasteiger partial charge in [-0.15, -0.1) is 0 Å². The van der Waals surface area contributed by atoms with Crippen LogP contribution in [0.3, 0.4) is 0 Å². The van der Waals surface area contributed by atoms with Crippen LogP contribution >= 0.6 is 0 Å². The quantitative estimate of drug-likeness (QED) is 0.363. The third-order valence-electron chi connectivity index (χ3n) is 9.57. The van der Waals surface area contributed by atoms with Gasteiger partial charge in [-0.2, -0.15) is 0 Å². The van der Waals surface area contributed by atoms with Crippen molar-refractivity contribution >= 4 is 39.7 Å². The minimum Gasteiger partial charge on any atom is -0.325 e. The lowest BCUT2D eigenvalue weighted by atomic mass is 9.57. The lowest BCUT2D eigenvalue weighted by molar-refractivity contribution is -0.137. The molecule has 2 spiro atoms. The summed E-state index contributed by atoms with van der Waals surface area (Å²) in [6.07, 6.45) is 1.61. The van der Waals surface area contributed by atoms with Gasteiger partial charge in [-0.3, -0.25) is 19.3 Å². The number of ketones is 1. The van der Waals surface area contributed by atoms with Crippen molar-refractivity contribution in [2.24, 2.45) is 5.92 Å². The number of rotatable bonds is 2. The standard InChI is InChI=1S/C33H27N3O3/c1-19-12-15-26-24(17-19)33(31(39)35-26)32(23-9-4-5-10-25(23)34-30(32)38)28(27-11-6-16-36(27)33)29(37)22-14-13-20-7-2-3-8-21(20)18-22/h2-5,7-10,12-15,17-18,27-28H,6,11,16H2,1H3,(H,34,38)(H,35,39)/t27-,28+,32-,33+/m1/s1. The van der Waals surface area contributed by atoms with E-state index in [4.69, 9.17) is 0 Å². The van der Waals surface area contributed by atoms with Gasteiger partial charge in [0.25, 0.3) is 5.91 Å². The largest absolute Gasteiger partial charge is 0.325 e. The highest BCUT2D eigenvalue weighted by Crippen LogP contribution is 2.67. The van der Waals surface area contributed by atoms with Gasteiger partial charge in [0.15, 0.2) is 5.78 Å². The van der Waals surface area contributed by atoms with Crippen LogP contribution in [0.5, 0.6) is 0 Å². The molecule has 0 saturated carbocycles. The van der Waals surface area contributed by atoms with E-state index >= 15 is 0 Å². The van der Waals surface area contributed by atoms with E-state index in [1.807, 2.05) is 91.9 Å². The number of para-hydroxylation sites is 1. The van der Waals surface area contributed by atoms with Gasteiger partial charge in [-0.05, 0) is 60.8 Å². The van der Waals surface area contributed by atoms with Gasteiger partial charge in [0.1, 0.15) is 11.0 Å². The molecule has 2 fully saturated rings. The Morgan fingerprint density at radius 1 is 0.821 bits per heavy atom. The van der Waals surface area contributed by atoms with Crippen molar-refractivity contribution < 1.29 is 14.4 Å². The number of nitrogens with zero attached hydrogens (tertiary/aromatic N) is 1. The molecule has 2 N–H and O–H groups in total. The summed E-state index contributed by atoms with van der Waals surface area (Å²) in [5.41, 5.74) is 1.74. The summed E-state index contributed by atoms with van der Waals surface area (Å²) in [6.45, 7) is 2.64. The molecule has 0 bridgehead atoms. The monoisotopic (exact) mass is 513 g/mol. The topological polar surface area (TPSA) is 78.5 Å². The highest BCUT2D eigenvalue weighted by atomic mass is 16.2. The smallest absolute Gasteiger partial charge is 0.251 e. The highest BCUT2D eigenvalue weighted by Gasteiger charge is 2.81. The Kier molecular flexibility index (Phi) is 4.44. The number of anilines is 2. The van der Waals surface area contributed by atoms with Crippen LogP contribution in [0.25, 0.3) is 10.8 Å². The zero-order valence-corrected chi connectivity index (χ0v) is 21.5. The first-order valence-electron chi connectivity index (χ1n) is 13.6. The van der Waals surface area contributed by atoms with Crippen molar-refractivity contribution in [3.8, 4) is 0 Å². The Balaban J connectivity index is 1.45. The second kappa shape index (κ2) is 7.64. The van der Waals surface area contributed by atoms with Crippen LogP contribution in [0.1, 0.15) is 39.9 Å². The molecular formula is C33H27N3O3. The van der Waals surface area contributed by atoms with Crippen LogP contribution in [-0.2, 0) is 20.5 Å². The summed E-state index contributed by atoms with van der Waals surface area (Å²) in [5, 5.41) is 8.26. The molecule has 4 aromatic rings. The molecule has 6 nitrogen and oxygen atoms in total. The van der Waals surface area contributed by atoms with Crippen LogP contribution in [-0.4, -0.2) is 35.1 Å². The molecule has 2 amide bonds. The Morgan fingerprint density at radius 3 is 2.44 bits per heavy atom. The van der Waals surface area contributed by atoms with Crippen molar-refractivity contribution in [1.82, 2.24) is 4.90 Å². The number of hydrogen-bond acceptors (Lipinski definition) is 4. The maximum absolute atomic E-state index is 14.8. The van der Waals surface area contributed by atoms with E-state index < -0.39 is 16.9 Å². The van der Waals surface area contributed by atoms with Crippen LogP contribution in [0.2, 0.25) is 0 Å². The Labute approximate surface area is 226 Å². The maximum atomic E-state index is 14.8. The predicted molar refractivity (Wildman–Crippen MR) is 150 cm³/mol. The van der Waals surface area contributed by atoms with E-state index in [0.29, 0.717) is 23.5 Å². The van der Waals surface area contributed by atoms with E-state index in [0.717, 1.165) is 40.3 Å². The molecular weight excluding hydrogens is 486 g/mol. The lowest BCUT2D eigenvalue weighted by Gasteiger charge is -2.43. The number of carbonyl (C=O) groups excluding carboxylic acids is 3. The SMILES string of the molecule is Cc1ccc2c(c1)[C@@]1(C(=O)N2)N2CCC[C@@H]2[C@@H](C(=O)c2ccc3ccccc3c2)[C@]12C(=O)Nc1ccccc12. The van der Waals surface area contributed by atoms with E-state index in [2.05, 4.69) is 15.5 Å². The van der Waals surface area contributed by atoms with Gasteiger partial charge >= 0.3 is 0 Å². The summed E-state index contributed by atoms with van der Waals surface area (Å²) in [5.74, 6) is -1.32. The summed E-state index contributed by atoms with van der Waals surface area (Å²) >= 11 is 0. The number of fused-ring (bicyclic) bond motifs is 8. The third-order valence-corrected chi connectivity index (χ3v) is 9.57. The van der Waals surface area contributed by atoms with Gasteiger partial charge in [0.2, 0.25) is 5.91 Å². The van der Waals surface area contributed by atoms with Crippen molar-refractivity contribution in [2.45, 2.75) is 36.8 Å². The Morgan fingerprint density at radius 2 is 1.56 bits per heavy atom. The minimum atomic E-state index is -1.42. The number of Topliss-reactive ketones (excluding diaryl/α,β-unsaturated/α-hetero) is 1. The minimum absolute atomic E-state index is 0.0877. The zero-order chi connectivity index (χ0) is 26.5. The summed E-state index contributed by atoms with van der Waals surface area (Å²) < 4.78 is 0. The maximum Gasteiger partial charge on any atom is 0.251 e. The molecule has 0 radical (unpaired) electrons. The molecule has 6 heteroatoms. The van der Waals surface area contributed by atoms with Gasteiger partial charge in [-0.25, -0.2) is 0 Å². The van der Waals surface area contributed by atoms with E-state index in [1.54, 1.807) is 0 Å². The van der Waals surface area contributed by atoms with Crippen LogP contribution in [0.15, 0.2) is 84.9 Å². The van der Waals surface area contributed by atoms with Crippen molar-refractivity contribution in [2.75, 3.05) is 17.2 Å². The Hall–Kier alpha value is -4.29. The second-order valence-corrected chi connectivity index (χ2v) is 11.3. The first-order valence-corrected chi connectivity index (χ1v) is 13.6. The number of benzene rings is 4. The highest BCUT2D eigenvalue weighted by molar-refractivity contribution is 6.21. The molecule has 0 aromatic heterocycles. The number of aryl methyl sites for hydroxylation is 1. The number of carbonyl (C=O) groups is 3. The second-order valence-electron chi connectivity index (χ2n) is 11.3. The number of hydrogen-bond donors (Lipinski definition) is 2. The molecule has 4 atom stereocenters. The van der Waals surface area contributed by atoms with Gasteiger partial charge in [0, 0.05) is 28.5 Å². The van der Waals surface area contributed by atoms with Gasteiger partial charge < -0.3 is 10.6 Å². The van der Waals surface area contributed by atoms with E-state index in [9.17, 15) is 14.4 Å². The summed E-state index contributed by atoms with van der Waals surface area (Å²) in [4.78, 5) is 46.1. The summed E-state index contributed by atoms with van der Waals surface area (Å²) in [6, 6.07) is 27.0. The van der Waals surface area contributed by atoms with E-state index in [1.165, 1.54) is 0 Å². The lowest BCUT2D eigenvalue weighted by Crippen LogP contribution is -2.62. The third kappa shape index (κ3) is 2.58. The molecule has 0 aliphatic carbocycles. The number of nitrogens with one attached hydrogen (secondary N) is 2.